The first kappa shape index (κ1) is 33.0. The predicted octanol–water partition coefficient (Wildman–Crippen LogP) is 13.6. The quantitative estimate of drug-likeness (QED) is 0.157. The van der Waals surface area contributed by atoms with E-state index in [0.717, 1.165) is 66.8 Å². The first-order chi connectivity index (χ1) is 27.8. The monoisotopic (exact) mass is 718 g/mol. The molecular weight excluding hydrogens is 685 g/mol. The Hall–Kier alpha value is -7.63. The van der Waals surface area contributed by atoms with E-state index in [0.29, 0.717) is 17.5 Å². The number of rotatable bonds is 8. The Bertz CT molecular complexity index is 2890. The van der Waals surface area contributed by atoms with E-state index in [1.54, 1.807) is 0 Å². The molecule has 264 valence electrons. The van der Waals surface area contributed by atoms with Crippen LogP contribution in [0.4, 0.5) is 17.1 Å². The lowest BCUT2D eigenvalue weighted by Gasteiger charge is -2.27. The third-order valence-electron chi connectivity index (χ3n) is 10.1. The first-order valence-electron chi connectivity index (χ1n) is 18.7. The van der Waals surface area contributed by atoms with Gasteiger partial charge in [0.1, 0.15) is 11.2 Å². The average molecular weight is 719 g/mol. The van der Waals surface area contributed by atoms with Crippen molar-refractivity contribution >= 4 is 39.0 Å². The van der Waals surface area contributed by atoms with Gasteiger partial charge in [0.25, 0.3) is 0 Å². The molecule has 5 heteroatoms. The molecule has 0 unspecified atom stereocenters. The van der Waals surface area contributed by atoms with Crippen LogP contribution in [-0.2, 0) is 0 Å². The molecule has 0 saturated carbocycles. The third-order valence-corrected chi connectivity index (χ3v) is 10.1. The summed E-state index contributed by atoms with van der Waals surface area (Å²) in [6.45, 7) is 0. The van der Waals surface area contributed by atoms with Gasteiger partial charge in [0, 0.05) is 50.5 Å². The van der Waals surface area contributed by atoms with Gasteiger partial charge in [-0.2, -0.15) is 0 Å². The normalized spacial score (nSPS) is 11.2. The second kappa shape index (κ2) is 14.3. The number of para-hydroxylation sites is 2. The Morgan fingerprint density at radius 1 is 0.339 bits per heavy atom. The zero-order chi connectivity index (χ0) is 37.3. The molecule has 0 spiro atoms. The second-order valence-corrected chi connectivity index (χ2v) is 13.6. The lowest BCUT2D eigenvalue weighted by Crippen LogP contribution is -2.11. The van der Waals surface area contributed by atoms with Crippen LogP contribution in [0.3, 0.4) is 0 Å². The molecule has 0 aliphatic rings. The van der Waals surface area contributed by atoms with Crippen molar-refractivity contribution in [3.8, 4) is 56.4 Å². The average Bonchev–Trinajstić information content (AvgIpc) is 3.66. The summed E-state index contributed by atoms with van der Waals surface area (Å²) in [7, 11) is 0. The zero-order valence-electron chi connectivity index (χ0n) is 30.3. The van der Waals surface area contributed by atoms with Gasteiger partial charge in [-0.25, -0.2) is 15.0 Å². The van der Waals surface area contributed by atoms with Crippen molar-refractivity contribution < 1.29 is 4.42 Å². The molecule has 10 aromatic rings. The summed E-state index contributed by atoms with van der Waals surface area (Å²) >= 11 is 0. The van der Waals surface area contributed by atoms with E-state index in [2.05, 4.69) is 126 Å². The minimum atomic E-state index is 0.591. The fraction of sp³-hybridized carbons (Fsp3) is 0. The van der Waals surface area contributed by atoms with Crippen molar-refractivity contribution in [1.82, 2.24) is 15.0 Å². The Kier molecular flexibility index (Phi) is 8.43. The van der Waals surface area contributed by atoms with E-state index in [1.165, 1.54) is 11.1 Å². The summed E-state index contributed by atoms with van der Waals surface area (Å²) < 4.78 is 6.68. The number of furan rings is 1. The van der Waals surface area contributed by atoms with Gasteiger partial charge in [-0.3, -0.25) is 0 Å². The van der Waals surface area contributed by atoms with Crippen LogP contribution < -0.4 is 4.90 Å². The fourth-order valence-corrected chi connectivity index (χ4v) is 7.46. The molecule has 0 saturated heterocycles. The molecule has 0 atom stereocenters. The van der Waals surface area contributed by atoms with Crippen molar-refractivity contribution in [3.05, 3.63) is 206 Å². The van der Waals surface area contributed by atoms with Crippen molar-refractivity contribution in [2.45, 2.75) is 0 Å². The Morgan fingerprint density at radius 2 is 0.857 bits per heavy atom. The van der Waals surface area contributed by atoms with Gasteiger partial charge in [-0.15, -0.1) is 0 Å². The van der Waals surface area contributed by atoms with Crippen LogP contribution in [0, 0.1) is 0 Å². The van der Waals surface area contributed by atoms with Crippen molar-refractivity contribution in [2.24, 2.45) is 0 Å². The molecule has 2 heterocycles. The standard InChI is InChI=1S/C51H34N4O/c1-5-16-35(17-6-1)36-28-30-37(31-29-36)42-24-13-14-26-45(42)55(40-22-11-4-12-23-40)41-32-33-43-47(34-41)56-46-27-15-25-44(48(43)46)51-53-49(38-18-7-2-8-19-38)52-50(54-51)39-20-9-3-10-21-39/h1-34H. The van der Waals surface area contributed by atoms with Crippen LogP contribution in [0.15, 0.2) is 211 Å². The number of fused-ring (bicyclic) bond motifs is 3. The molecule has 0 aliphatic heterocycles. The maximum atomic E-state index is 6.68. The molecular formula is C51H34N4O. The van der Waals surface area contributed by atoms with Crippen molar-refractivity contribution in [2.75, 3.05) is 4.90 Å². The van der Waals surface area contributed by atoms with Gasteiger partial charge in [0.2, 0.25) is 0 Å². The van der Waals surface area contributed by atoms with Gasteiger partial charge in [0.15, 0.2) is 17.5 Å². The molecule has 0 aliphatic carbocycles. The summed E-state index contributed by atoms with van der Waals surface area (Å²) in [4.78, 5) is 17.3. The number of aromatic nitrogens is 3. The summed E-state index contributed by atoms with van der Waals surface area (Å²) in [6.07, 6.45) is 0. The minimum Gasteiger partial charge on any atom is -0.456 e. The highest BCUT2D eigenvalue weighted by atomic mass is 16.3. The highest BCUT2D eigenvalue weighted by molar-refractivity contribution is 6.12. The van der Waals surface area contributed by atoms with Gasteiger partial charge < -0.3 is 9.32 Å². The third kappa shape index (κ3) is 6.17. The molecule has 0 radical (unpaired) electrons. The highest BCUT2D eigenvalue weighted by Gasteiger charge is 2.21. The summed E-state index contributed by atoms with van der Waals surface area (Å²) in [5.74, 6) is 1.83. The van der Waals surface area contributed by atoms with E-state index < -0.39 is 0 Å². The zero-order valence-corrected chi connectivity index (χ0v) is 30.3. The molecule has 0 N–H and O–H groups in total. The topological polar surface area (TPSA) is 55.1 Å². The fourth-order valence-electron chi connectivity index (χ4n) is 7.46. The number of benzene rings is 8. The Labute approximate surface area is 324 Å². The summed E-state index contributed by atoms with van der Waals surface area (Å²) in [5, 5.41) is 1.95. The van der Waals surface area contributed by atoms with Gasteiger partial charge in [0.05, 0.1) is 5.69 Å². The lowest BCUT2D eigenvalue weighted by atomic mass is 9.98. The number of hydrogen-bond donors (Lipinski definition) is 0. The molecule has 0 amide bonds. The lowest BCUT2D eigenvalue weighted by molar-refractivity contribution is 0.669. The van der Waals surface area contributed by atoms with Gasteiger partial charge in [-0.1, -0.05) is 164 Å². The molecule has 0 bridgehead atoms. The predicted molar refractivity (Wildman–Crippen MR) is 229 cm³/mol. The van der Waals surface area contributed by atoms with E-state index in [-0.39, 0.29) is 0 Å². The van der Waals surface area contributed by atoms with Gasteiger partial charge in [-0.05, 0) is 53.1 Å². The van der Waals surface area contributed by atoms with E-state index in [9.17, 15) is 0 Å². The molecule has 2 aromatic heterocycles. The molecule has 5 nitrogen and oxygen atoms in total. The largest absolute Gasteiger partial charge is 0.456 e. The summed E-state index contributed by atoms with van der Waals surface area (Å²) in [6, 6.07) is 71.0. The van der Waals surface area contributed by atoms with Crippen LogP contribution in [0.5, 0.6) is 0 Å². The smallest absolute Gasteiger partial charge is 0.164 e. The Morgan fingerprint density at radius 3 is 1.52 bits per heavy atom. The molecule has 56 heavy (non-hydrogen) atoms. The number of anilines is 3. The minimum absolute atomic E-state index is 0.591. The van der Waals surface area contributed by atoms with Crippen molar-refractivity contribution in [1.29, 1.82) is 0 Å². The molecule has 10 rings (SSSR count). The SMILES string of the molecule is c1ccc(-c2ccc(-c3ccccc3N(c3ccccc3)c3ccc4c(c3)oc3cccc(-c5nc(-c6ccccc6)nc(-c6ccccc6)n5)c34)cc2)cc1. The van der Waals surface area contributed by atoms with E-state index in [1.807, 2.05) is 84.9 Å². The van der Waals surface area contributed by atoms with Crippen LogP contribution in [0.25, 0.3) is 78.4 Å². The molecule has 0 fully saturated rings. The number of hydrogen-bond acceptors (Lipinski definition) is 5. The maximum Gasteiger partial charge on any atom is 0.164 e. The first-order valence-corrected chi connectivity index (χ1v) is 18.7. The second-order valence-electron chi connectivity index (χ2n) is 13.6. The highest BCUT2D eigenvalue weighted by Crippen LogP contribution is 2.44. The van der Waals surface area contributed by atoms with Crippen LogP contribution in [0.1, 0.15) is 0 Å². The van der Waals surface area contributed by atoms with Crippen LogP contribution in [-0.4, -0.2) is 15.0 Å². The van der Waals surface area contributed by atoms with Crippen LogP contribution in [0.2, 0.25) is 0 Å². The van der Waals surface area contributed by atoms with Gasteiger partial charge >= 0.3 is 0 Å². The van der Waals surface area contributed by atoms with E-state index in [4.69, 9.17) is 19.4 Å². The van der Waals surface area contributed by atoms with Crippen molar-refractivity contribution in [3.63, 3.8) is 0 Å². The summed E-state index contributed by atoms with van der Waals surface area (Å²) in [5.41, 5.74) is 12.0. The Balaban J connectivity index is 1.11. The number of nitrogens with zero attached hydrogens (tertiary/aromatic N) is 4. The van der Waals surface area contributed by atoms with Crippen LogP contribution >= 0.6 is 0 Å². The molecule has 8 aromatic carbocycles. The van der Waals surface area contributed by atoms with E-state index >= 15 is 0 Å². The maximum absolute atomic E-state index is 6.68.